The van der Waals surface area contributed by atoms with Gasteiger partial charge in [0.1, 0.15) is 0 Å². The van der Waals surface area contributed by atoms with Crippen LogP contribution in [0, 0.1) is 5.92 Å². The molecule has 1 aliphatic carbocycles. The third-order valence-electron chi connectivity index (χ3n) is 4.65. The van der Waals surface area contributed by atoms with Gasteiger partial charge in [0.25, 0.3) is 0 Å². The predicted molar refractivity (Wildman–Crippen MR) is 80.9 cm³/mol. The Morgan fingerprint density at radius 1 is 1.32 bits per heavy atom. The molecule has 112 valence electrons. The molecule has 5 unspecified atom stereocenters. The second kappa shape index (κ2) is 7.75. The molecule has 2 fully saturated rings. The zero-order valence-corrected chi connectivity index (χ0v) is 13.2. The van der Waals surface area contributed by atoms with Crippen molar-refractivity contribution in [1.82, 2.24) is 5.32 Å². The Kier molecular flexibility index (Phi) is 6.30. The molecule has 19 heavy (non-hydrogen) atoms. The van der Waals surface area contributed by atoms with Crippen LogP contribution in [0.2, 0.25) is 0 Å². The Bertz CT molecular complexity index is 298. The van der Waals surface area contributed by atoms with Gasteiger partial charge in [-0.15, -0.1) is 0 Å². The summed E-state index contributed by atoms with van der Waals surface area (Å²) in [5.74, 6) is 1.61. The molecule has 0 bridgehead atoms. The van der Waals surface area contributed by atoms with E-state index in [9.17, 15) is 4.21 Å². The molecule has 5 atom stereocenters. The maximum Gasteiger partial charge on any atom is 0.0691 e. The molecule has 2 aliphatic rings. The summed E-state index contributed by atoms with van der Waals surface area (Å²) in [6, 6.07) is 0.675. The molecule has 1 N–H and O–H groups in total. The topological polar surface area (TPSA) is 38.3 Å². The van der Waals surface area contributed by atoms with Crippen LogP contribution in [0.5, 0.6) is 0 Å². The van der Waals surface area contributed by atoms with Gasteiger partial charge in [0.15, 0.2) is 0 Å². The van der Waals surface area contributed by atoms with E-state index in [1.807, 2.05) is 0 Å². The van der Waals surface area contributed by atoms with Gasteiger partial charge in [0.05, 0.1) is 11.4 Å². The van der Waals surface area contributed by atoms with Crippen LogP contribution < -0.4 is 5.32 Å². The van der Waals surface area contributed by atoms with Crippen LogP contribution in [0.25, 0.3) is 0 Å². The SMILES string of the molecule is CCCNC1CCCC1CCS(=O)C1CCOC1C. The number of rotatable bonds is 7. The smallest absolute Gasteiger partial charge is 0.0691 e. The lowest BCUT2D eigenvalue weighted by molar-refractivity contribution is 0.127. The molecule has 0 radical (unpaired) electrons. The van der Waals surface area contributed by atoms with Crippen LogP contribution in [0.1, 0.15) is 52.4 Å². The van der Waals surface area contributed by atoms with Crippen molar-refractivity contribution in [2.75, 3.05) is 18.9 Å². The van der Waals surface area contributed by atoms with Crippen LogP contribution in [-0.2, 0) is 15.5 Å². The Hall–Kier alpha value is 0.0700. The number of ether oxygens (including phenoxy) is 1. The lowest BCUT2D eigenvalue weighted by Crippen LogP contribution is -2.34. The highest BCUT2D eigenvalue weighted by Crippen LogP contribution is 2.29. The maximum absolute atomic E-state index is 12.3. The average Bonchev–Trinajstić information content (AvgIpc) is 3.02. The van der Waals surface area contributed by atoms with Crippen molar-refractivity contribution in [2.24, 2.45) is 5.92 Å². The van der Waals surface area contributed by atoms with Crippen LogP contribution in [-0.4, -0.2) is 40.5 Å². The van der Waals surface area contributed by atoms with Crippen molar-refractivity contribution in [1.29, 1.82) is 0 Å². The van der Waals surface area contributed by atoms with Crippen molar-refractivity contribution in [3.8, 4) is 0 Å². The maximum atomic E-state index is 12.3. The van der Waals surface area contributed by atoms with E-state index in [1.54, 1.807) is 0 Å². The summed E-state index contributed by atoms with van der Waals surface area (Å²) >= 11 is 0. The molecule has 2 rings (SSSR count). The summed E-state index contributed by atoms with van der Waals surface area (Å²) in [6.07, 6.45) is 7.45. The monoisotopic (exact) mass is 287 g/mol. The van der Waals surface area contributed by atoms with Crippen LogP contribution in [0.3, 0.4) is 0 Å². The Balaban J connectivity index is 1.73. The lowest BCUT2D eigenvalue weighted by Gasteiger charge is -2.21. The van der Waals surface area contributed by atoms with E-state index in [1.165, 1.54) is 25.7 Å². The standard InChI is InChI=1S/C15H29NO2S/c1-3-9-16-14-6-4-5-13(14)8-11-19(17)15-7-10-18-12(15)2/h12-16H,3-11H2,1-2H3. The summed E-state index contributed by atoms with van der Waals surface area (Å²) in [5.41, 5.74) is 0. The van der Waals surface area contributed by atoms with Crippen molar-refractivity contribution in [2.45, 2.75) is 69.8 Å². The Morgan fingerprint density at radius 3 is 2.84 bits per heavy atom. The average molecular weight is 287 g/mol. The van der Waals surface area contributed by atoms with Crippen molar-refractivity contribution in [3.63, 3.8) is 0 Å². The molecule has 1 saturated heterocycles. The van der Waals surface area contributed by atoms with Crippen molar-refractivity contribution < 1.29 is 8.95 Å². The first-order valence-electron chi connectivity index (χ1n) is 7.94. The van der Waals surface area contributed by atoms with Crippen molar-refractivity contribution >= 4 is 10.8 Å². The van der Waals surface area contributed by atoms with Crippen molar-refractivity contribution in [3.05, 3.63) is 0 Å². The fourth-order valence-corrected chi connectivity index (χ4v) is 5.16. The predicted octanol–water partition coefficient (Wildman–Crippen LogP) is 2.47. The zero-order valence-electron chi connectivity index (χ0n) is 12.4. The molecule has 0 aromatic rings. The first kappa shape index (κ1) is 15.5. The van der Waals surface area contributed by atoms with E-state index in [4.69, 9.17) is 4.74 Å². The van der Waals surface area contributed by atoms with E-state index < -0.39 is 10.8 Å². The third-order valence-corrected chi connectivity index (χ3v) is 6.58. The Morgan fingerprint density at radius 2 is 2.16 bits per heavy atom. The molecule has 1 heterocycles. The fourth-order valence-electron chi connectivity index (χ4n) is 3.46. The second-order valence-corrected chi connectivity index (χ2v) is 7.80. The minimum absolute atomic E-state index is 0.193. The summed E-state index contributed by atoms with van der Waals surface area (Å²) in [5, 5.41) is 3.94. The van der Waals surface area contributed by atoms with E-state index in [2.05, 4.69) is 19.2 Å². The second-order valence-electron chi connectivity index (χ2n) is 6.03. The lowest BCUT2D eigenvalue weighted by atomic mass is 10.0. The van der Waals surface area contributed by atoms with Gasteiger partial charge in [-0.1, -0.05) is 13.3 Å². The molecule has 3 nitrogen and oxygen atoms in total. The molecule has 1 saturated carbocycles. The molecule has 0 spiro atoms. The fraction of sp³-hybridized carbons (Fsp3) is 1.00. The summed E-state index contributed by atoms with van der Waals surface area (Å²) in [6.45, 7) is 6.20. The minimum atomic E-state index is -0.695. The zero-order chi connectivity index (χ0) is 13.7. The summed E-state index contributed by atoms with van der Waals surface area (Å²) in [4.78, 5) is 0. The normalized spacial score (nSPS) is 36.7. The number of hydrogen-bond acceptors (Lipinski definition) is 3. The molecule has 1 aliphatic heterocycles. The van der Waals surface area contributed by atoms with E-state index >= 15 is 0 Å². The summed E-state index contributed by atoms with van der Waals surface area (Å²) < 4.78 is 17.9. The highest BCUT2D eigenvalue weighted by Gasteiger charge is 2.31. The van der Waals surface area contributed by atoms with Gasteiger partial charge in [-0.3, -0.25) is 4.21 Å². The molecule has 0 aromatic heterocycles. The molecular formula is C15H29NO2S. The van der Waals surface area contributed by atoms with Crippen LogP contribution in [0.4, 0.5) is 0 Å². The van der Waals surface area contributed by atoms with Gasteiger partial charge in [0.2, 0.25) is 0 Å². The van der Waals surface area contributed by atoms with Gasteiger partial charge >= 0.3 is 0 Å². The van der Waals surface area contributed by atoms with E-state index in [-0.39, 0.29) is 11.4 Å². The highest BCUT2D eigenvalue weighted by molar-refractivity contribution is 7.85. The Labute approximate surface area is 120 Å². The van der Waals surface area contributed by atoms with E-state index in [0.717, 1.165) is 37.7 Å². The van der Waals surface area contributed by atoms with Gasteiger partial charge < -0.3 is 10.1 Å². The first-order chi connectivity index (χ1) is 9.22. The van der Waals surface area contributed by atoms with E-state index in [0.29, 0.717) is 6.04 Å². The number of nitrogens with one attached hydrogen (secondary N) is 1. The molecule has 4 heteroatoms. The molecular weight excluding hydrogens is 258 g/mol. The largest absolute Gasteiger partial charge is 0.377 e. The molecule has 0 amide bonds. The van der Waals surface area contributed by atoms with Gasteiger partial charge in [-0.05, 0) is 51.5 Å². The third kappa shape index (κ3) is 4.27. The summed E-state index contributed by atoms with van der Waals surface area (Å²) in [7, 11) is -0.695. The highest BCUT2D eigenvalue weighted by atomic mass is 32.2. The van der Waals surface area contributed by atoms with Gasteiger partial charge in [-0.2, -0.15) is 0 Å². The van der Waals surface area contributed by atoms with Gasteiger partial charge in [-0.25, -0.2) is 0 Å². The van der Waals surface area contributed by atoms with Gasteiger partial charge in [0, 0.05) is 29.2 Å². The van der Waals surface area contributed by atoms with Crippen LogP contribution >= 0.6 is 0 Å². The molecule has 0 aromatic carbocycles. The minimum Gasteiger partial charge on any atom is -0.377 e. The number of hydrogen-bond donors (Lipinski definition) is 1. The quantitative estimate of drug-likeness (QED) is 0.782. The first-order valence-corrected chi connectivity index (χ1v) is 9.32. The van der Waals surface area contributed by atoms with Crippen LogP contribution in [0.15, 0.2) is 0 Å².